The topological polar surface area (TPSA) is 109 Å². The van der Waals surface area contributed by atoms with E-state index in [1.54, 1.807) is 0 Å². The van der Waals surface area contributed by atoms with Gasteiger partial charge in [0.25, 0.3) is 0 Å². The molecule has 0 saturated carbocycles. The summed E-state index contributed by atoms with van der Waals surface area (Å²) in [6.07, 6.45) is 3.85. The number of benzene rings is 1. The van der Waals surface area contributed by atoms with Crippen molar-refractivity contribution >= 4 is 27.7 Å². The van der Waals surface area contributed by atoms with Crippen LogP contribution in [0.25, 0.3) is 5.69 Å². The highest BCUT2D eigenvalue weighted by Crippen LogP contribution is 2.37. The Bertz CT molecular complexity index is 1270. The Hall–Kier alpha value is -2.97. The minimum atomic E-state index is -4.44. The Labute approximate surface area is 185 Å². The normalized spacial score (nSPS) is 12.3. The van der Waals surface area contributed by atoms with E-state index in [-0.39, 0.29) is 34.6 Å². The quantitative estimate of drug-likeness (QED) is 0.494. The van der Waals surface area contributed by atoms with Crippen LogP contribution in [-0.2, 0) is 16.8 Å². The third-order valence-corrected chi connectivity index (χ3v) is 6.42. The maximum atomic E-state index is 12.8. The van der Waals surface area contributed by atoms with Gasteiger partial charge >= 0.3 is 21.4 Å². The number of nitrogens with zero attached hydrogens (tertiary/aromatic N) is 4. The molecule has 0 unspecified atom stereocenters. The molecule has 14 heteroatoms. The van der Waals surface area contributed by atoms with Crippen molar-refractivity contribution in [3.63, 3.8) is 0 Å². The lowest BCUT2D eigenvalue weighted by molar-refractivity contribution is -0.0328. The number of hydrogen-bond acceptors (Lipinski definition) is 6. The fraction of sp³-hybridized carbons (Fsp3) is 0.222. The number of rotatable bonds is 7. The van der Waals surface area contributed by atoms with Crippen molar-refractivity contribution in [2.75, 3.05) is 18.8 Å². The number of hydrogen-bond donors (Lipinski definition) is 2. The van der Waals surface area contributed by atoms with Gasteiger partial charge in [-0.05, 0) is 47.7 Å². The van der Waals surface area contributed by atoms with E-state index in [1.807, 2.05) is 0 Å². The average molecular weight is 490 g/mol. The van der Waals surface area contributed by atoms with Gasteiger partial charge in [0.1, 0.15) is 0 Å². The van der Waals surface area contributed by atoms with Gasteiger partial charge in [-0.2, -0.15) is 25.9 Å². The molecule has 32 heavy (non-hydrogen) atoms. The standard InChI is InChI=1S/C18H18F3N5O4S2/c1-24(2)32(29,30)23-15-9-22-8-7-12(15)10-25-11-16(27)26(17(25)28)13-3-5-14(6-4-13)31-18(19,20)21/h3-9,11,23,27H,10H2,1-2H3. The van der Waals surface area contributed by atoms with Crippen molar-refractivity contribution in [3.8, 4) is 11.6 Å². The lowest BCUT2D eigenvalue weighted by Crippen LogP contribution is -2.30. The number of aromatic hydroxyl groups is 1. The SMILES string of the molecule is CN(C)S(=O)(=O)Nc1cnccc1Cn1cc(O)n(-c2ccc(SC(F)(F)F)cc2)c1=O. The van der Waals surface area contributed by atoms with Gasteiger partial charge in [0.2, 0.25) is 5.88 Å². The first-order chi connectivity index (χ1) is 14.9. The van der Waals surface area contributed by atoms with Gasteiger partial charge in [0.15, 0.2) is 0 Å². The number of anilines is 1. The molecule has 0 aliphatic rings. The van der Waals surface area contributed by atoms with Crippen LogP contribution in [0.15, 0.2) is 58.6 Å². The monoisotopic (exact) mass is 489 g/mol. The van der Waals surface area contributed by atoms with E-state index in [1.165, 1.54) is 56.8 Å². The summed E-state index contributed by atoms with van der Waals surface area (Å²) in [5.74, 6) is -0.435. The van der Waals surface area contributed by atoms with Gasteiger partial charge < -0.3 is 5.11 Å². The summed E-state index contributed by atoms with van der Waals surface area (Å²) in [5, 5.41) is 10.3. The average Bonchev–Trinajstić information content (AvgIpc) is 2.96. The molecule has 9 nitrogen and oxygen atoms in total. The number of alkyl halides is 3. The lowest BCUT2D eigenvalue weighted by atomic mass is 10.2. The molecule has 2 N–H and O–H groups in total. The number of aromatic nitrogens is 3. The first kappa shape index (κ1) is 23.7. The zero-order valence-corrected chi connectivity index (χ0v) is 18.4. The zero-order chi connectivity index (χ0) is 23.7. The summed E-state index contributed by atoms with van der Waals surface area (Å²) in [4.78, 5) is 16.7. The fourth-order valence-electron chi connectivity index (χ4n) is 2.70. The van der Waals surface area contributed by atoms with Crippen LogP contribution in [0.4, 0.5) is 18.9 Å². The van der Waals surface area contributed by atoms with E-state index in [2.05, 4.69) is 9.71 Å². The van der Waals surface area contributed by atoms with Crippen molar-refractivity contribution in [2.45, 2.75) is 16.9 Å². The Kier molecular flexibility index (Phi) is 6.57. The van der Waals surface area contributed by atoms with Crippen LogP contribution in [0.2, 0.25) is 0 Å². The molecule has 2 heterocycles. The smallest absolute Gasteiger partial charge is 0.446 e. The summed E-state index contributed by atoms with van der Waals surface area (Å²) in [5.41, 5.74) is -4.39. The van der Waals surface area contributed by atoms with E-state index in [0.717, 1.165) is 19.6 Å². The molecule has 0 atom stereocenters. The summed E-state index contributed by atoms with van der Waals surface area (Å²) >= 11 is -0.292. The third kappa shape index (κ3) is 5.44. The number of imidazole rings is 1. The molecule has 0 fully saturated rings. The summed E-state index contributed by atoms with van der Waals surface area (Å²) in [7, 11) is -1.13. The van der Waals surface area contributed by atoms with Crippen molar-refractivity contribution in [1.82, 2.24) is 18.4 Å². The van der Waals surface area contributed by atoms with Gasteiger partial charge in [-0.1, -0.05) is 0 Å². The Morgan fingerprint density at radius 2 is 1.84 bits per heavy atom. The maximum Gasteiger partial charge on any atom is 0.446 e. The second-order valence-electron chi connectivity index (χ2n) is 6.70. The highest BCUT2D eigenvalue weighted by atomic mass is 32.2. The van der Waals surface area contributed by atoms with Gasteiger partial charge in [0.05, 0.1) is 30.3 Å². The van der Waals surface area contributed by atoms with Crippen LogP contribution in [0, 0.1) is 0 Å². The van der Waals surface area contributed by atoms with Gasteiger partial charge in [0, 0.05) is 25.2 Å². The summed E-state index contributed by atoms with van der Waals surface area (Å²) < 4.78 is 67.1. The maximum absolute atomic E-state index is 12.8. The van der Waals surface area contributed by atoms with Crippen molar-refractivity contribution in [2.24, 2.45) is 0 Å². The molecule has 3 rings (SSSR count). The number of halogens is 3. The summed E-state index contributed by atoms with van der Waals surface area (Å²) in [6.45, 7) is -0.102. The largest absolute Gasteiger partial charge is 0.493 e. The lowest BCUT2D eigenvalue weighted by Gasteiger charge is -2.15. The first-order valence-corrected chi connectivity index (χ1v) is 11.1. The van der Waals surface area contributed by atoms with Crippen molar-refractivity contribution < 1.29 is 26.7 Å². The Morgan fingerprint density at radius 3 is 2.44 bits per heavy atom. The van der Waals surface area contributed by atoms with Crippen LogP contribution in [-0.4, -0.2) is 51.6 Å². The molecule has 0 saturated heterocycles. The molecule has 1 aromatic carbocycles. The van der Waals surface area contributed by atoms with Crippen molar-refractivity contribution in [1.29, 1.82) is 0 Å². The van der Waals surface area contributed by atoms with Gasteiger partial charge in [-0.25, -0.2) is 9.36 Å². The molecule has 3 aromatic rings. The van der Waals surface area contributed by atoms with E-state index in [9.17, 15) is 31.5 Å². The van der Waals surface area contributed by atoms with Crippen LogP contribution >= 0.6 is 11.8 Å². The Morgan fingerprint density at radius 1 is 1.19 bits per heavy atom. The fourth-order valence-corrected chi connectivity index (χ4v) is 3.88. The molecule has 0 aliphatic heterocycles. The van der Waals surface area contributed by atoms with Crippen LogP contribution in [0.3, 0.4) is 0 Å². The molecular weight excluding hydrogens is 471 g/mol. The molecule has 0 aliphatic carbocycles. The molecule has 172 valence electrons. The zero-order valence-electron chi connectivity index (χ0n) is 16.7. The Balaban J connectivity index is 1.91. The third-order valence-electron chi connectivity index (χ3n) is 4.24. The number of pyridine rings is 1. The van der Waals surface area contributed by atoms with E-state index in [0.29, 0.717) is 5.56 Å². The second kappa shape index (κ2) is 8.88. The van der Waals surface area contributed by atoms with Crippen LogP contribution in [0.5, 0.6) is 5.88 Å². The minimum absolute atomic E-state index is 0.0668. The van der Waals surface area contributed by atoms with E-state index in [4.69, 9.17) is 0 Å². The predicted octanol–water partition coefficient (Wildman–Crippen LogP) is 2.62. The van der Waals surface area contributed by atoms with Crippen LogP contribution < -0.4 is 10.4 Å². The first-order valence-electron chi connectivity index (χ1n) is 8.88. The van der Waals surface area contributed by atoms with E-state index < -0.39 is 27.3 Å². The van der Waals surface area contributed by atoms with Gasteiger partial charge in [-0.15, -0.1) is 0 Å². The minimum Gasteiger partial charge on any atom is -0.493 e. The van der Waals surface area contributed by atoms with Crippen LogP contribution in [0.1, 0.15) is 5.56 Å². The second-order valence-corrected chi connectivity index (χ2v) is 9.72. The molecule has 0 spiro atoms. The van der Waals surface area contributed by atoms with Gasteiger partial charge in [-0.3, -0.25) is 14.3 Å². The molecule has 2 aromatic heterocycles. The number of nitrogens with one attached hydrogen (secondary N) is 1. The van der Waals surface area contributed by atoms with Crippen molar-refractivity contribution in [3.05, 3.63) is 65.0 Å². The highest BCUT2D eigenvalue weighted by Gasteiger charge is 2.29. The highest BCUT2D eigenvalue weighted by molar-refractivity contribution is 8.00. The molecule has 0 bridgehead atoms. The van der Waals surface area contributed by atoms with E-state index >= 15 is 0 Å². The summed E-state index contributed by atoms with van der Waals surface area (Å²) in [6, 6.07) is 6.45. The number of thioether (sulfide) groups is 1. The molecule has 0 radical (unpaired) electrons. The molecular formula is C18H18F3N5O4S2. The predicted molar refractivity (Wildman–Crippen MR) is 113 cm³/mol. The molecule has 0 amide bonds.